The van der Waals surface area contributed by atoms with E-state index in [-0.39, 0.29) is 6.10 Å². The molecule has 0 bridgehead atoms. The lowest BCUT2D eigenvalue weighted by molar-refractivity contribution is 0.0824. The molecule has 158 valence electrons. The summed E-state index contributed by atoms with van der Waals surface area (Å²) in [5.74, 6) is 1.91. The molecule has 0 aliphatic carbocycles. The number of guanidine groups is 1. The zero-order valence-electron chi connectivity index (χ0n) is 17.4. The van der Waals surface area contributed by atoms with Gasteiger partial charge in [0.2, 0.25) is 0 Å². The molecular weight excluding hydrogens is 356 g/mol. The van der Waals surface area contributed by atoms with Gasteiger partial charge in [0.05, 0.1) is 11.8 Å². The summed E-state index contributed by atoms with van der Waals surface area (Å²) in [7, 11) is 0. The van der Waals surface area contributed by atoms with Gasteiger partial charge >= 0.3 is 0 Å². The largest absolute Gasteiger partial charge is 0.393 e. The van der Waals surface area contributed by atoms with Crippen molar-refractivity contribution in [1.29, 1.82) is 0 Å². The fourth-order valence-electron chi connectivity index (χ4n) is 3.89. The molecule has 0 saturated carbocycles. The van der Waals surface area contributed by atoms with Crippen molar-refractivity contribution in [2.75, 3.05) is 58.9 Å². The van der Waals surface area contributed by atoms with Crippen LogP contribution in [-0.2, 0) is 6.54 Å². The number of piperazine rings is 1. The van der Waals surface area contributed by atoms with Gasteiger partial charge in [-0.2, -0.15) is 0 Å². The van der Waals surface area contributed by atoms with Crippen LogP contribution in [0.15, 0.2) is 15.6 Å². The van der Waals surface area contributed by atoms with Crippen LogP contribution in [0.1, 0.15) is 37.6 Å². The van der Waals surface area contributed by atoms with Gasteiger partial charge in [0.25, 0.3) is 0 Å². The molecule has 2 aliphatic heterocycles. The third-order valence-corrected chi connectivity index (χ3v) is 5.52. The summed E-state index contributed by atoms with van der Waals surface area (Å²) in [4.78, 5) is 12.1. The number of aryl methyl sites for hydroxylation is 1. The Morgan fingerprint density at radius 1 is 1.21 bits per heavy atom. The Morgan fingerprint density at radius 3 is 2.61 bits per heavy atom. The van der Waals surface area contributed by atoms with Gasteiger partial charge in [-0.3, -0.25) is 9.89 Å². The number of aliphatic hydroxyl groups excluding tert-OH is 1. The predicted molar refractivity (Wildman–Crippen MR) is 110 cm³/mol. The highest BCUT2D eigenvalue weighted by Crippen LogP contribution is 2.11. The molecular formula is C20H36N6O2. The minimum absolute atomic E-state index is 0.0957. The van der Waals surface area contributed by atoms with E-state index in [1.54, 1.807) is 0 Å². The van der Waals surface area contributed by atoms with Crippen molar-refractivity contribution in [3.05, 3.63) is 17.5 Å². The van der Waals surface area contributed by atoms with Crippen molar-refractivity contribution in [1.82, 2.24) is 25.2 Å². The molecule has 2 N–H and O–H groups in total. The summed E-state index contributed by atoms with van der Waals surface area (Å²) in [6.45, 7) is 13.7. The van der Waals surface area contributed by atoms with Gasteiger partial charge in [0.15, 0.2) is 5.96 Å². The molecule has 0 atom stereocenters. The van der Waals surface area contributed by atoms with E-state index in [0.717, 1.165) is 102 Å². The van der Waals surface area contributed by atoms with Crippen LogP contribution in [0.2, 0.25) is 0 Å². The van der Waals surface area contributed by atoms with Crippen molar-refractivity contribution in [2.45, 2.75) is 45.8 Å². The van der Waals surface area contributed by atoms with E-state index < -0.39 is 0 Å². The minimum Gasteiger partial charge on any atom is -0.393 e. The summed E-state index contributed by atoms with van der Waals surface area (Å²) in [6, 6.07) is 2.01. The number of piperidine rings is 1. The zero-order chi connectivity index (χ0) is 19.8. The van der Waals surface area contributed by atoms with Crippen LogP contribution in [0.4, 0.5) is 0 Å². The van der Waals surface area contributed by atoms with Crippen molar-refractivity contribution in [3.8, 4) is 0 Å². The molecule has 2 aliphatic rings. The number of likely N-dealkylation sites (tertiary alicyclic amines) is 1. The molecule has 0 spiro atoms. The average Bonchev–Trinajstić information content (AvgIpc) is 3.11. The quantitative estimate of drug-likeness (QED) is 0.406. The van der Waals surface area contributed by atoms with Crippen LogP contribution in [0.5, 0.6) is 0 Å². The Hall–Kier alpha value is -1.64. The van der Waals surface area contributed by atoms with Crippen LogP contribution < -0.4 is 5.32 Å². The number of hydrogen-bond acceptors (Lipinski definition) is 6. The molecule has 3 rings (SSSR count). The van der Waals surface area contributed by atoms with Crippen LogP contribution in [0.3, 0.4) is 0 Å². The molecule has 8 nitrogen and oxygen atoms in total. The first-order valence-electron chi connectivity index (χ1n) is 10.7. The fraction of sp³-hybridized carbons (Fsp3) is 0.800. The van der Waals surface area contributed by atoms with Crippen LogP contribution in [0, 0.1) is 6.92 Å². The monoisotopic (exact) mass is 392 g/mol. The lowest BCUT2D eigenvalue weighted by atomic mass is 10.1. The Labute approximate surface area is 168 Å². The molecule has 28 heavy (non-hydrogen) atoms. The van der Waals surface area contributed by atoms with Crippen LogP contribution in [0.25, 0.3) is 0 Å². The Kier molecular flexibility index (Phi) is 8.12. The van der Waals surface area contributed by atoms with E-state index in [1.165, 1.54) is 0 Å². The maximum Gasteiger partial charge on any atom is 0.194 e. The Balaban J connectivity index is 1.40. The third kappa shape index (κ3) is 6.46. The maximum atomic E-state index is 9.60. The van der Waals surface area contributed by atoms with Gasteiger partial charge in [-0.15, -0.1) is 0 Å². The number of aromatic nitrogens is 1. The first-order chi connectivity index (χ1) is 13.6. The van der Waals surface area contributed by atoms with E-state index in [9.17, 15) is 5.11 Å². The number of aliphatic hydroxyl groups is 1. The van der Waals surface area contributed by atoms with E-state index in [1.807, 2.05) is 13.0 Å². The third-order valence-electron chi connectivity index (χ3n) is 5.52. The van der Waals surface area contributed by atoms with Crippen molar-refractivity contribution in [3.63, 3.8) is 0 Å². The van der Waals surface area contributed by atoms with E-state index >= 15 is 0 Å². The second kappa shape index (κ2) is 10.8. The predicted octanol–water partition coefficient (Wildman–Crippen LogP) is 0.913. The lowest BCUT2D eigenvalue weighted by Gasteiger charge is -2.36. The topological polar surface area (TPSA) is 80.4 Å². The molecule has 1 aromatic rings. The summed E-state index contributed by atoms with van der Waals surface area (Å²) in [6.07, 6.45) is 2.78. The molecule has 0 amide bonds. The average molecular weight is 393 g/mol. The Morgan fingerprint density at radius 2 is 1.96 bits per heavy atom. The van der Waals surface area contributed by atoms with Gasteiger partial charge in [0.1, 0.15) is 5.76 Å². The second-order valence-electron chi connectivity index (χ2n) is 7.85. The molecule has 2 fully saturated rings. The summed E-state index contributed by atoms with van der Waals surface area (Å²) < 4.78 is 5.17. The number of aliphatic imine (C=N–C) groups is 1. The standard InChI is InChI=1S/C20H36N6O2/c1-3-21-20(22-7-4-8-24-9-5-19(27)6-10-24)26-13-11-25(12-14-26)16-18-15-17(2)28-23-18/h15,19,27H,3-14,16H2,1-2H3,(H,21,22). The number of hydrogen-bond donors (Lipinski definition) is 2. The Bertz CT molecular complexity index is 604. The van der Waals surface area contributed by atoms with Crippen LogP contribution in [-0.4, -0.2) is 95.9 Å². The van der Waals surface area contributed by atoms with Gasteiger partial charge < -0.3 is 24.7 Å². The first-order valence-corrected chi connectivity index (χ1v) is 10.7. The van der Waals surface area contributed by atoms with Crippen molar-refractivity contribution < 1.29 is 9.63 Å². The smallest absolute Gasteiger partial charge is 0.194 e. The maximum absolute atomic E-state index is 9.60. The summed E-state index contributed by atoms with van der Waals surface area (Å²) >= 11 is 0. The number of nitrogens with zero attached hydrogens (tertiary/aromatic N) is 5. The molecule has 0 unspecified atom stereocenters. The highest BCUT2D eigenvalue weighted by Gasteiger charge is 2.20. The highest BCUT2D eigenvalue weighted by atomic mass is 16.5. The molecule has 8 heteroatoms. The normalized spacial score (nSPS) is 20.7. The summed E-state index contributed by atoms with van der Waals surface area (Å²) in [5, 5.41) is 17.2. The lowest BCUT2D eigenvalue weighted by Crippen LogP contribution is -2.52. The summed E-state index contributed by atoms with van der Waals surface area (Å²) in [5.41, 5.74) is 1.01. The highest BCUT2D eigenvalue weighted by molar-refractivity contribution is 5.80. The van der Waals surface area contributed by atoms with Gasteiger partial charge in [-0.05, 0) is 39.7 Å². The molecule has 0 aromatic carbocycles. The van der Waals surface area contributed by atoms with E-state index in [2.05, 4.69) is 32.1 Å². The van der Waals surface area contributed by atoms with Crippen molar-refractivity contribution in [2.24, 2.45) is 4.99 Å². The van der Waals surface area contributed by atoms with Gasteiger partial charge in [-0.1, -0.05) is 5.16 Å². The van der Waals surface area contributed by atoms with Crippen LogP contribution >= 0.6 is 0 Å². The molecule has 0 radical (unpaired) electrons. The SMILES string of the molecule is CCNC(=NCCCN1CCC(O)CC1)N1CCN(Cc2cc(C)on2)CC1. The minimum atomic E-state index is -0.0957. The molecule has 3 heterocycles. The fourth-order valence-corrected chi connectivity index (χ4v) is 3.89. The first kappa shape index (κ1) is 21.1. The zero-order valence-corrected chi connectivity index (χ0v) is 17.4. The number of rotatable bonds is 7. The second-order valence-corrected chi connectivity index (χ2v) is 7.85. The molecule has 1 aromatic heterocycles. The van der Waals surface area contributed by atoms with E-state index in [0.29, 0.717) is 0 Å². The van der Waals surface area contributed by atoms with Gasteiger partial charge in [0, 0.05) is 65.0 Å². The van der Waals surface area contributed by atoms with E-state index in [4.69, 9.17) is 9.52 Å². The van der Waals surface area contributed by atoms with Crippen molar-refractivity contribution >= 4 is 5.96 Å². The number of nitrogens with one attached hydrogen (secondary N) is 1. The van der Waals surface area contributed by atoms with Gasteiger partial charge in [-0.25, -0.2) is 0 Å². The molecule has 2 saturated heterocycles.